The highest BCUT2D eigenvalue weighted by Gasteiger charge is 2.34. The number of para-hydroxylation sites is 1. The summed E-state index contributed by atoms with van der Waals surface area (Å²) in [6.07, 6.45) is 4.29. The lowest BCUT2D eigenvalue weighted by Crippen LogP contribution is -2.31. The fourth-order valence-corrected chi connectivity index (χ4v) is 10.2. The third-order valence-electron chi connectivity index (χ3n) is 14.3. The lowest BCUT2D eigenvalue weighted by Gasteiger charge is -2.32. The molecule has 0 bridgehead atoms. The summed E-state index contributed by atoms with van der Waals surface area (Å²) in [6.45, 7) is 23.7. The molecular formula is C64H64N4O. The molecule has 0 fully saturated rings. The van der Waals surface area contributed by atoms with Gasteiger partial charge in [-0.15, -0.1) is 0 Å². The Morgan fingerprint density at radius 3 is 1.80 bits per heavy atom. The zero-order chi connectivity index (χ0) is 48.3. The van der Waals surface area contributed by atoms with Crippen LogP contribution in [0, 0.1) is 5.41 Å². The Balaban J connectivity index is 1.08. The van der Waals surface area contributed by atoms with Crippen molar-refractivity contribution in [1.82, 2.24) is 9.55 Å². The lowest BCUT2D eigenvalue weighted by atomic mass is 9.76. The maximum atomic E-state index is 7.11. The highest BCUT2D eigenvalue weighted by atomic mass is 16.5. The van der Waals surface area contributed by atoms with E-state index < -0.39 is 0 Å². The Morgan fingerprint density at radius 1 is 0.464 bits per heavy atom. The van der Waals surface area contributed by atoms with Gasteiger partial charge in [0, 0.05) is 68.6 Å². The van der Waals surface area contributed by atoms with E-state index in [0.717, 1.165) is 34.0 Å². The van der Waals surface area contributed by atoms with Crippen LogP contribution in [0.2, 0.25) is 0 Å². The summed E-state index contributed by atoms with van der Waals surface area (Å²) >= 11 is 0. The van der Waals surface area contributed by atoms with Gasteiger partial charge in [-0.1, -0.05) is 191 Å². The molecule has 10 rings (SSSR count). The SMILES string of the molecule is CC(C)(C)C1=CN(c2cccc(Oc3cc(C(C)(C)c4ccccc4)c4c5ccccc5n(-c5cc(C(C)(C)c6ccccc6)ccn5)c4c3)c2)CN1c1cc(-c2ccccc2)cc(C(C)(C)C)c1. The standard InChI is InChI=1S/C64H64N4O/c1-61(2,3)49-35-45(44-23-14-11-15-24-44)36-51(37-49)67-43-66(42-58(67)62(4,5)6)50-29-22-30-52(39-50)69-53-40-55(64(9,10)47-27-18-13-19-28-47)60-54-31-20-21-32-56(54)68(57(60)41-53)59-38-48(33-34-65-59)63(7,8)46-25-16-12-17-26-46/h11-42H,43H2,1-10H3. The molecule has 9 aromatic rings. The van der Waals surface area contributed by atoms with Crippen molar-refractivity contribution in [1.29, 1.82) is 0 Å². The molecule has 0 atom stereocenters. The number of aromatic nitrogens is 2. The first-order valence-corrected chi connectivity index (χ1v) is 24.4. The van der Waals surface area contributed by atoms with E-state index in [1.807, 2.05) is 6.20 Å². The summed E-state index contributed by atoms with van der Waals surface area (Å²) in [6, 6.07) is 65.6. The van der Waals surface area contributed by atoms with Gasteiger partial charge in [-0.3, -0.25) is 4.57 Å². The zero-order valence-electron chi connectivity index (χ0n) is 41.9. The summed E-state index contributed by atoms with van der Waals surface area (Å²) in [5, 5.41) is 2.37. The van der Waals surface area contributed by atoms with Crippen LogP contribution in [0.15, 0.2) is 200 Å². The van der Waals surface area contributed by atoms with E-state index in [1.54, 1.807) is 0 Å². The number of fused-ring (bicyclic) bond motifs is 3. The Labute approximate surface area is 409 Å². The average Bonchev–Trinajstić information content (AvgIpc) is 3.96. The van der Waals surface area contributed by atoms with Crippen LogP contribution < -0.4 is 14.5 Å². The molecular weight excluding hydrogens is 841 g/mol. The molecule has 0 aliphatic carbocycles. The molecule has 0 unspecified atom stereocenters. The van der Waals surface area contributed by atoms with E-state index >= 15 is 0 Å². The zero-order valence-corrected chi connectivity index (χ0v) is 41.9. The summed E-state index contributed by atoms with van der Waals surface area (Å²) in [4.78, 5) is 9.95. The normalized spacial score (nSPS) is 13.6. The molecule has 0 amide bonds. The fraction of sp³-hybridized carbons (Fsp3) is 0.234. The van der Waals surface area contributed by atoms with Crippen LogP contribution >= 0.6 is 0 Å². The number of allylic oxidation sites excluding steroid dienone is 1. The molecule has 2 aromatic heterocycles. The maximum absolute atomic E-state index is 7.11. The van der Waals surface area contributed by atoms with Crippen LogP contribution in [-0.2, 0) is 16.2 Å². The number of pyridine rings is 1. The highest BCUT2D eigenvalue weighted by molar-refractivity contribution is 6.11. The Hall–Kier alpha value is -7.37. The summed E-state index contributed by atoms with van der Waals surface area (Å²) < 4.78 is 9.44. The molecule has 7 aromatic carbocycles. The van der Waals surface area contributed by atoms with E-state index in [2.05, 4.69) is 272 Å². The molecule has 3 heterocycles. The molecule has 346 valence electrons. The smallest absolute Gasteiger partial charge is 0.137 e. The second-order valence-corrected chi connectivity index (χ2v) is 21.9. The number of rotatable bonds is 10. The summed E-state index contributed by atoms with van der Waals surface area (Å²) in [5.41, 5.74) is 13.5. The Bertz CT molecular complexity index is 3350. The van der Waals surface area contributed by atoms with Crippen LogP contribution in [-0.4, -0.2) is 16.2 Å². The summed E-state index contributed by atoms with van der Waals surface area (Å²) in [7, 11) is 0. The lowest BCUT2D eigenvalue weighted by molar-refractivity contribution is 0.481. The maximum Gasteiger partial charge on any atom is 0.137 e. The fourth-order valence-electron chi connectivity index (χ4n) is 10.2. The van der Waals surface area contributed by atoms with Gasteiger partial charge in [-0.2, -0.15) is 0 Å². The van der Waals surface area contributed by atoms with Gasteiger partial charge in [-0.05, 0) is 92.9 Å². The number of hydrogen-bond donors (Lipinski definition) is 0. The third kappa shape index (κ3) is 8.60. The van der Waals surface area contributed by atoms with Gasteiger partial charge in [0.05, 0.1) is 17.7 Å². The molecule has 5 heteroatoms. The van der Waals surface area contributed by atoms with Gasteiger partial charge in [0.2, 0.25) is 0 Å². The third-order valence-corrected chi connectivity index (χ3v) is 14.3. The van der Waals surface area contributed by atoms with Crippen molar-refractivity contribution in [2.75, 3.05) is 16.5 Å². The van der Waals surface area contributed by atoms with Crippen LogP contribution in [0.4, 0.5) is 11.4 Å². The molecule has 69 heavy (non-hydrogen) atoms. The molecule has 0 radical (unpaired) electrons. The molecule has 5 nitrogen and oxygen atoms in total. The number of anilines is 2. The Kier molecular flexibility index (Phi) is 11.4. The van der Waals surface area contributed by atoms with Crippen LogP contribution in [0.1, 0.15) is 97.1 Å². The summed E-state index contributed by atoms with van der Waals surface area (Å²) in [5.74, 6) is 2.41. The van der Waals surface area contributed by atoms with Crippen molar-refractivity contribution in [3.8, 4) is 28.4 Å². The van der Waals surface area contributed by atoms with Gasteiger partial charge >= 0.3 is 0 Å². The molecule has 0 N–H and O–H groups in total. The van der Waals surface area contributed by atoms with Crippen molar-refractivity contribution < 1.29 is 4.74 Å². The van der Waals surface area contributed by atoms with E-state index in [0.29, 0.717) is 6.67 Å². The van der Waals surface area contributed by atoms with Gasteiger partial charge in [0.1, 0.15) is 17.3 Å². The van der Waals surface area contributed by atoms with Gasteiger partial charge < -0.3 is 14.5 Å². The second kappa shape index (κ2) is 17.3. The predicted octanol–water partition coefficient (Wildman–Crippen LogP) is 16.8. The first-order valence-electron chi connectivity index (χ1n) is 24.4. The average molecular weight is 905 g/mol. The number of benzene rings is 7. The van der Waals surface area contributed by atoms with Crippen molar-refractivity contribution in [3.63, 3.8) is 0 Å². The largest absolute Gasteiger partial charge is 0.457 e. The number of nitrogens with zero attached hydrogens (tertiary/aromatic N) is 4. The minimum atomic E-state index is -0.377. The molecule has 1 aliphatic heterocycles. The molecule has 0 spiro atoms. The first kappa shape index (κ1) is 45.4. The van der Waals surface area contributed by atoms with Crippen molar-refractivity contribution in [3.05, 3.63) is 228 Å². The van der Waals surface area contributed by atoms with E-state index in [9.17, 15) is 0 Å². The minimum Gasteiger partial charge on any atom is -0.457 e. The molecule has 1 aliphatic rings. The van der Waals surface area contributed by atoms with Gasteiger partial charge in [0.25, 0.3) is 0 Å². The van der Waals surface area contributed by atoms with Crippen LogP contribution in [0.5, 0.6) is 11.5 Å². The van der Waals surface area contributed by atoms with Crippen molar-refractivity contribution in [2.24, 2.45) is 5.41 Å². The quantitative estimate of drug-likeness (QED) is 0.137. The second-order valence-electron chi connectivity index (χ2n) is 21.9. The van der Waals surface area contributed by atoms with Gasteiger partial charge in [0.15, 0.2) is 0 Å². The van der Waals surface area contributed by atoms with E-state index in [4.69, 9.17) is 9.72 Å². The van der Waals surface area contributed by atoms with Crippen LogP contribution in [0.3, 0.4) is 0 Å². The van der Waals surface area contributed by atoms with E-state index in [1.165, 1.54) is 61.1 Å². The van der Waals surface area contributed by atoms with Gasteiger partial charge in [-0.25, -0.2) is 4.98 Å². The topological polar surface area (TPSA) is 33.5 Å². The monoisotopic (exact) mass is 905 g/mol. The minimum absolute atomic E-state index is 0.0242. The predicted molar refractivity (Wildman–Crippen MR) is 290 cm³/mol. The Morgan fingerprint density at radius 2 is 1.12 bits per heavy atom. The highest BCUT2D eigenvalue weighted by Crippen LogP contribution is 2.46. The van der Waals surface area contributed by atoms with E-state index in [-0.39, 0.29) is 21.7 Å². The number of hydrogen-bond acceptors (Lipinski definition) is 4. The first-order chi connectivity index (χ1) is 33.0. The van der Waals surface area contributed by atoms with Crippen LogP contribution in [0.25, 0.3) is 38.8 Å². The number of ether oxygens (including phenoxy) is 1. The molecule has 0 saturated heterocycles. The van der Waals surface area contributed by atoms with Crippen molar-refractivity contribution >= 4 is 33.2 Å². The van der Waals surface area contributed by atoms with Crippen molar-refractivity contribution in [2.45, 2.75) is 85.5 Å². The molecule has 0 saturated carbocycles.